The van der Waals surface area contributed by atoms with Gasteiger partial charge in [0.1, 0.15) is 11.4 Å². The minimum Gasteiger partial charge on any atom is -0.506 e. The number of nitrogens with zero attached hydrogens (tertiary/aromatic N) is 2. The zero-order chi connectivity index (χ0) is 18.2. The molecule has 8 heteroatoms. The van der Waals surface area contributed by atoms with Crippen molar-refractivity contribution in [3.05, 3.63) is 34.2 Å². The Bertz CT molecular complexity index is 738. The van der Waals surface area contributed by atoms with Crippen LogP contribution < -0.4 is 0 Å². The van der Waals surface area contributed by atoms with E-state index in [2.05, 4.69) is 9.98 Å². The molecule has 2 aliphatic rings. The second-order valence-electron chi connectivity index (χ2n) is 6.38. The van der Waals surface area contributed by atoms with Crippen molar-refractivity contribution in [3.8, 4) is 5.75 Å². The lowest BCUT2D eigenvalue weighted by atomic mass is 10.00. The van der Waals surface area contributed by atoms with E-state index in [-0.39, 0.29) is 30.9 Å². The lowest BCUT2D eigenvalue weighted by molar-refractivity contribution is 0.147. The first-order valence-corrected chi connectivity index (χ1v) is 10.5. The maximum Gasteiger partial charge on any atom is 0.142 e. The fraction of sp³-hybridized carbons (Fsp3) is 0.529. The number of aromatic nitrogens is 1. The number of aliphatic hydroxyl groups excluding tert-OH is 2. The summed E-state index contributed by atoms with van der Waals surface area (Å²) < 4.78 is 0. The summed E-state index contributed by atoms with van der Waals surface area (Å²) in [6.45, 7) is 3.25. The summed E-state index contributed by atoms with van der Waals surface area (Å²) in [5, 5.41) is 39.7. The summed E-state index contributed by atoms with van der Waals surface area (Å²) in [4.78, 5) is 8.51. The Balaban J connectivity index is 1.61. The Hall–Kier alpha value is -1.06. The van der Waals surface area contributed by atoms with Crippen LogP contribution in [0.3, 0.4) is 0 Å². The van der Waals surface area contributed by atoms with Crippen LogP contribution in [0.5, 0.6) is 5.75 Å². The van der Waals surface area contributed by atoms with Crippen LogP contribution in [0.4, 0.5) is 0 Å². The van der Waals surface area contributed by atoms with E-state index in [1.807, 2.05) is 6.92 Å². The Morgan fingerprint density at radius 1 is 1.20 bits per heavy atom. The number of rotatable bonds is 7. The number of aliphatic imine (C=N–C) groups is 1. The van der Waals surface area contributed by atoms with E-state index in [1.165, 1.54) is 0 Å². The number of pyridine rings is 1. The number of aliphatic hydroxyl groups is 3. The topological polar surface area (TPSA) is 106 Å². The quantitative estimate of drug-likeness (QED) is 0.419. The molecule has 1 aliphatic heterocycles. The minimum atomic E-state index is -0.971. The molecule has 25 heavy (non-hydrogen) atoms. The van der Waals surface area contributed by atoms with Crippen LogP contribution >= 0.6 is 21.6 Å². The summed E-state index contributed by atoms with van der Waals surface area (Å²) in [5.41, 5.74) is 2.39. The lowest BCUT2D eigenvalue weighted by Gasteiger charge is -2.19. The summed E-state index contributed by atoms with van der Waals surface area (Å²) in [7, 11) is 3.14. The van der Waals surface area contributed by atoms with Gasteiger partial charge in [-0.15, -0.1) is 0 Å². The Kier molecular flexibility index (Phi) is 5.45. The second kappa shape index (κ2) is 7.28. The largest absolute Gasteiger partial charge is 0.506 e. The highest BCUT2D eigenvalue weighted by molar-refractivity contribution is 8.76. The van der Waals surface area contributed by atoms with Gasteiger partial charge in [0.15, 0.2) is 0 Å². The van der Waals surface area contributed by atoms with Gasteiger partial charge in [-0.1, -0.05) is 28.5 Å². The summed E-state index contributed by atoms with van der Waals surface area (Å²) in [6.07, 6.45) is 3.44. The van der Waals surface area contributed by atoms with E-state index < -0.39 is 5.60 Å². The highest BCUT2D eigenvalue weighted by Gasteiger charge is 2.65. The van der Waals surface area contributed by atoms with Crippen LogP contribution in [0.2, 0.25) is 0 Å². The highest BCUT2D eigenvalue weighted by Crippen LogP contribution is 2.53. The van der Waals surface area contributed by atoms with Crippen molar-refractivity contribution >= 4 is 27.8 Å². The summed E-state index contributed by atoms with van der Waals surface area (Å²) >= 11 is 0. The molecule has 4 N–H and O–H groups in total. The lowest BCUT2D eigenvalue weighted by Crippen LogP contribution is -2.26. The minimum absolute atomic E-state index is 0.0475. The maximum absolute atomic E-state index is 10.6. The smallest absolute Gasteiger partial charge is 0.142 e. The van der Waals surface area contributed by atoms with Gasteiger partial charge in [0.05, 0.1) is 24.9 Å². The van der Waals surface area contributed by atoms with Gasteiger partial charge in [0.25, 0.3) is 0 Å². The molecule has 0 saturated heterocycles. The molecule has 0 spiro atoms. The highest BCUT2D eigenvalue weighted by atomic mass is 33.1. The van der Waals surface area contributed by atoms with Crippen molar-refractivity contribution in [2.75, 3.05) is 12.4 Å². The van der Waals surface area contributed by atoms with Gasteiger partial charge in [-0.25, -0.2) is 0 Å². The van der Waals surface area contributed by atoms with Gasteiger partial charge in [0, 0.05) is 35.4 Å². The second-order valence-corrected chi connectivity index (χ2v) is 8.84. The van der Waals surface area contributed by atoms with Crippen LogP contribution in [-0.4, -0.2) is 55.6 Å². The van der Waals surface area contributed by atoms with E-state index >= 15 is 0 Å². The molecule has 136 valence electrons. The normalized spacial score (nSPS) is 27.6. The molecule has 0 radical (unpaired) electrons. The van der Waals surface area contributed by atoms with Crippen LogP contribution in [0, 0.1) is 12.8 Å². The molecule has 3 unspecified atom stereocenters. The Morgan fingerprint density at radius 3 is 2.60 bits per heavy atom. The molecule has 3 atom stereocenters. The van der Waals surface area contributed by atoms with Gasteiger partial charge in [-0.05, 0) is 23.6 Å². The van der Waals surface area contributed by atoms with E-state index in [4.69, 9.17) is 0 Å². The van der Waals surface area contributed by atoms with Crippen LogP contribution in [0.1, 0.15) is 23.7 Å². The third-order valence-corrected chi connectivity index (χ3v) is 7.26. The predicted octanol–water partition coefficient (Wildman–Crippen LogP) is 1.59. The molecular weight excluding hydrogens is 360 g/mol. The molecule has 1 saturated carbocycles. The molecule has 1 aromatic heterocycles. The standard InChI is InChI=1S/C17H22N2O4S2/c1-9-16-17(9,23)14(6-21)12(4-19-16)8-25-24-7-11-3-18-10(2)15(22)13(11)5-20/h3-4,9,16,20-23H,5-8H2,1-2H3. The Labute approximate surface area is 154 Å². The van der Waals surface area contributed by atoms with Gasteiger partial charge in [-0.3, -0.25) is 9.98 Å². The molecule has 6 nitrogen and oxygen atoms in total. The number of hydrogen-bond acceptors (Lipinski definition) is 8. The molecule has 3 rings (SSSR count). The summed E-state index contributed by atoms with van der Waals surface area (Å²) in [5.74, 6) is 1.30. The predicted molar refractivity (Wildman–Crippen MR) is 101 cm³/mol. The van der Waals surface area contributed by atoms with Gasteiger partial charge >= 0.3 is 0 Å². The molecule has 2 heterocycles. The Morgan fingerprint density at radius 2 is 1.92 bits per heavy atom. The van der Waals surface area contributed by atoms with Crippen molar-refractivity contribution in [1.29, 1.82) is 0 Å². The molecular formula is C17H22N2O4S2. The first-order chi connectivity index (χ1) is 11.9. The monoisotopic (exact) mass is 382 g/mol. The third kappa shape index (κ3) is 3.21. The zero-order valence-electron chi connectivity index (χ0n) is 14.1. The van der Waals surface area contributed by atoms with Crippen molar-refractivity contribution < 1.29 is 20.4 Å². The average molecular weight is 383 g/mol. The van der Waals surface area contributed by atoms with E-state index in [9.17, 15) is 20.4 Å². The molecule has 0 aromatic carbocycles. The molecule has 1 aliphatic carbocycles. The fourth-order valence-corrected chi connectivity index (χ4v) is 5.45. The van der Waals surface area contributed by atoms with Gasteiger partial charge in [0.2, 0.25) is 0 Å². The molecule has 1 aromatic rings. The zero-order valence-corrected chi connectivity index (χ0v) is 15.8. The van der Waals surface area contributed by atoms with Crippen LogP contribution in [0.15, 0.2) is 22.3 Å². The van der Waals surface area contributed by atoms with E-state index in [0.29, 0.717) is 28.3 Å². The van der Waals surface area contributed by atoms with Crippen molar-refractivity contribution in [1.82, 2.24) is 4.98 Å². The van der Waals surface area contributed by atoms with Crippen molar-refractivity contribution in [2.45, 2.75) is 37.9 Å². The fourth-order valence-electron chi connectivity index (χ4n) is 3.27. The summed E-state index contributed by atoms with van der Waals surface area (Å²) in [6, 6.07) is -0.121. The SMILES string of the molecule is Cc1ncc(CSSCC2=C(CO)C3(O)C(C)C3N=C2)c(CO)c1O. The van der Waals surface area contributed by atoms with Crippen LogP contribution in [0.25, 0.3) is 0 Å². The molecule has 0 bridgehead atoms. The average Bonchev–Trinajstić information content (AvgIpc) is 3.15. The number of hydrogen-bond donors (Lipinski definition) is 4. The molecule has 0 amide bonds. The van der Waals surface area contributed by atoms with E-state index in [1.54, 1.807) is 40.9 Å². The number of dihydropyridines is 1. The van der Waals surface area contributed by atoms with Crippen molar-refractivity contribution in [3.63, 3.8) is 0 Å². The molecule has 1 fully saturated rings. The maximum atomic E-state index is 10.6. The van der Waals surface area contributed by atoms with Gasteiger partial charge < -0.3 is 20.4 Å². The third-order valence-electron chi connectivity index (χ3n) is 5.03. The van der Waals surface area contributed by atoms with Crippen molar-refractivity contribution in [2.24, 2.45) is 10.9 Å². The first-order valence-electron chi connectivity index (χ1n) is 8.05. The van der Waals surface area contributed by atoms with Crippen LogP contribution in [-0.2, 0) is 12.4 Å². The van der Waals surface area contributed by atoms with Gasteiger partial charge in [-0.2, -0.15) is 0 Å². The first kappa shape index (κ1) is 18.7. The number of aromatic hydroxyl groups is 1. The van der Waals surface area contributed by atoms with E-state index in [0.717, 1.165) is 11.1 Å². The number of fused-ring (bicyclic) bond motifs is 1. The number of aryl methyl sites for hydroxylation is 1.